The molecule has 1 unspecified atom stereocenters. The van der Waals surface area contributed by atoms with E-state index in [0.717, 1.165) is 27.8 Å². The second-order valence-corrected chi connectivity index (χ2v) is 12.5. The lowest BCUT2D eigenvalue weighted by Crippen LogP contribution is -2.31. The normalized spacial score (nSPS) is 12.7. The Morgan fingerprint density at radius 1 is 1.22 bits per heavy atom. The molecule has 0 aliphatic carbocycles. The highest BCUT2D eigenvalue weighted by molar-refractivity contribution is 7.99. The number of thioether (sulfide) groups is 1. The van der Waals surface area contributed by atoms with Gasteiger partial charge in [-0.1, -0.05) is 36.4 Å². The highest BCUT2D eigenvalue weighted by Gasteiger charge is 2.25. The van der Waals surface area contributed by atoms with E-state index in [1.54, 1.807) is 41.4 Å². The summed E-state index contributed by atoms with van der Waals surface area (Å²) in [7, 11) is -2.23. The average molecular weight is 543 g/mol. The van der Waals surface area contributed by atoms with Crippen molar-refractivity contribution in [3.05, 3.63) is 82.9 Å². The molecule has 188 valence electrons. The summed E-state index contributed by atoms with van der Waals surface area (Å²) in [5, 5.41) is 17.3. The van der Waals surface area contributed by atoms with Crippen molar-refractivity contribution in [1.29, 1.82) is 0 Å². The van der Waals surface area contributed by atoms with Gasteiger partial charge in [-0.05, 0) is 47.7 Å². The number of nitrogens with one attached hydrogen (secondary N) is 2. The molecule has 36 heavy (non-hydrogen) atoms. The van der Waals surface area contributed by atoms with Crippen LogP contribution in [0.15, 0.2) is 75.4 Å². The Balaban J connectivity index is 1.52. The minimum absolute atomic E-state index is 0.233. The van der Waals surface area contributed by atoms with Crippen LogP contribution in [0.5, 0.6) is 0 Å². The van der Waals surface area contributed by atoms with Crippen LogP contribution in [-0.4, -0.2) is 49.6 Å². The van der Waals surface area contributed by atoms with Gasteiger partial charge in [0.1, 0.15) is 9.90 Å². The zero-order valence-corrected chi connectivity index (χ0v) is 22.2. The number of amides is 1. The molecule has 11 heteroatoms. The van der Waals surface area contributed by atoms with Gasteiger partial charge in [-0.2, -0.15) is 0 Å². The summed E-state index contributed by atoms with van der Waals surface area (Å²) >= 11 is 2.70. The van der Waals surface area contributed by atoms with E-state index < -0.39 is 10.0 Å². The number of sulfonamides is 1. The Kier molecular flexibility index (Phi) is 8.02. The average Bonchev–Trinajstić information content (AvgIpc) is 3.56. The molecule has 2 heterocycles. The number of hydrogen-bond donors (Lipinski definition) is 3. The lowest BCUT2D eigenvalue weighted by Gasteiger charge is -2.20. The standard InChI is InChI=1S/C25H26N4O4S3/c1-17-11-19-13-21(25(30)26-14-20(15-27-31)35-16-18-7-4-3-5-8-18)28-24(19)22(12-17)29(2)36(32,33)23-9-6-10-34-23/h3-13,15,20,28,31H,14,16H2,1-2H3,(H,26,30)/b27-15-. The first-order chi connectivity index (χ1) is 17.3. The van der Waals surface area contributed by atoms with Gasteiger partial charge >= 0.3 is 0 Å². The Morgan fingerprint density at radius 3 is 2.69 bits per heavy atom. The smallest absolute Gasteiger partial charge is 0.273 e. The highest BCUT2D eigenvalue weighted by Crippen LogP contribution is 2.32. The van der Waals surface area contributed by atoms with Gasteiger partial charge in [0.05, 0.1) is 22.7 Å². The quantitative estimate of drug-likeness (QED) is 0.150. The largest absolute Gasteiger partial charge is 0.411 e. The van der Waals surface area contributed by atoms with Gasteiger partial charge in [0, 0.05) is 24.7 Å². The molecule has 0 spiro atoms. The molecule has 8 nitrogen and oxygen atoms in total. The lowest BCUT2D eigenvalue weighted by molar-refractivity contribution is 0.0951. The number of carbonyl (C=O) groups is 1. The number of aromatic nitrogens is 1. The summed E-state index contributed by atoms with van der Waals surface area (Å²) in [6.45, 7) is 2.14. The van der Waals surface area contributed by atoms with Crippen LogP contribution in [0.1, 0.15) is 21.6 Å². The van der Waals surface area contributed by atoms with Gasteiger partial charge in [-0.15, -0.1) is 28.3 Å². The van der Waals surface area contributed by atoms with Crippen LogP contribution >= 0.6 is 23.1 Å². The number of nitrogens with zero attached hydrogens (tertiary/aromatic N) is 2. The molecule has 0 aliphatic heterocycles. The van der Waals surface area contributed by atoms with E-state index in [2.05, 4.69) is 15.5 Å². The SMILES string of the molecule is Cc1cc(N(C)S(=O)(=O)c2cccs2)c2[nH]c(C(=O)NCC(/C=N\O)SCc3ccccc3)cc2c1. The molecule has 2 aromatic heterocycles. The minimum atomic E-state index is -3.73. The maximum atomic E-state index is 13.1. The predicted molar refractivity (Wildman–Crippen MR) is 147 cm³/mol. The molecular weight excluding hydrogens is 517 g/mol. The molecule has 4 rings (SSSR count). The predicted octanol–water partition coefficient (Wildman–Crippen LogP) is 4.85. The van der Waals surface area contributed by atoms with Crippen molar-refractivity contribution >= 4 is 61.8 Å². The molecule has 4 aromatic rings. The van der Waals surface area contributed by atoms with Gasteiger partial charge in [0.15, 0.2) is 0 Å². The molecule has 1 amide bonds. The number of benzene rings is 2. The molecule has 2 aromatic carbocycles. The number of fused-ring (bicyclic) bond motifs is 1. The molecule has 0 saturated heterocycles. The van der Waals surface area contributed by atoms with E-state index in [4.69, 9.17) is 5.21 Å². The fourth-order valence-electron chi connectivity index (χ4n) is 3.71. The second-order valence-electron chi connectivity index (χ2n) is 8.15. The van der Waals surface area contributed by atoms with Crippen LogP contribution in [0.3, 0.4) is 0 Å². The van der Waals surface area contributed by atoms with Gasteiger partial charge in [-0.25, -0.2) is 8.42 Å². The van der Waals surface area contributed by atoms with E-state index in [0.29, 0.717) is 22.7 Å². The molecule has 0 fully saturated rings. The minimum Gasteiger partial charge on any atom is -0.411 e. The Bertz CT molecular complexity index is 1470. The summed E-state index contributed by atoms with van der Waals surface area (Å²) in [6, 6.07) is 18.5. The summed E-state index contributed by atoms with van der Waals surface area (Å²) in [6.07, 6.45) is 1.39. The fourth-order valence-corrected chi connectivity index (χ4v) is 7.01. The third-order valence-electron chi connectivity index (χ3n) is 5.55. The molecule has 0 aliphatic rings. The van der Waals surface area contributed by atoms with E-state index in [-0.39, 0.29) is 21.9 Å². The van der Waals surface area contributed by atoms with Crippen molar-refractivity contribution in [3.8, 4) is 0 Å². The van der Waals surface area contributed by atoms with Gasteiger partial charge in [-0.3, -0.25) is 9.10 Å². The number of anilines is 1. The molecule has 0 radical (unpaired) electrons. The van der Waals surface area contributed by atoms with Crippen LogP contribution in [0, 0.1) is 6.92 Å². The Morgan fingerprint density at radius 2 is 2.00 bits per heavy atom. The van der Waals surface area contributed by atoms with Crippen molar-refractivity contribution in [3.63, 3.8) is 0 Å². The van der Waals surface area contributed by atoms with Crippen molar-refractivity contribution in [2.45, 2.75) is 22.1 Å². The number of hydrogen-bond acceptors (Lipinski definition) is 7. The van der Waals surface area contributed by atoms with E-state index >= 15 is 0 Å². The maximum Gasteiger partial charge on any atom is 0.273 e. The van der Waals surface area contributed by atoms with Crippen molar-refractivity contribution in [2.24, 2.45) is 5.16 Å². The lowest BCUT2D eigenvalue weighted by atomic mass is 10.1. The number of oxime groups is 1. The Labute approximate surface area is 218 Å². The molecule has 0 bridgehead atoms. The highest BCUT2D eigenvalue weighted by atomic mass is 32.2. The number of thiophene rings is 1. The second kappa shape index (κ2) is 11.2. The van der Waals surface area contributed by atoms with Gasteiger partial charge in [0.25, 0.3) is 15.9 Å². The van der Waals surface area contributed by atoms with Crippen LogP contribution in [0.2, 0.25) is 0 Å². The molecule has 3 N–H and O–H groups in total. The number of H-pyrrole nitrogens is 1. The first-order valence-corrected chi connectivity index (χ1v) is 14.4. The molecular formula is C25H26N4O4S3. The van der Waals surface area contributed by atoms with E-state index in [1.165, 1.54) is 17.6 Å². The Hall–Kier alpha value is -3.28. The van der Waals surface area contributed by atoms with E-state index in [9.17, 15) is 13.2 Å². The zero-order chi connectivity index (χ0) is 25.7. The summed E-state index contributed by atoms with van der Waals surface area (Å²) in [5.74, 6) is 0.364. The number of aromatic amines is 1. The number of rotatable bonds is 10. The van der Waals surface area contributed by atoms with Gasteiger partial charge < -0.3 is 15.5 Å². The summed E-state index contributed by atoms with van der Waals surface area (Å²) in [5.41, 5.74) is 3.33. The number of carbonyl (C=O) groups excluding carboxylic acids is 1. The van der Waals surface area contributed by atoms with Crippen LogP contribution in [0.4, 0.5) is 5.69 Å². The monoisotopic (exact) mass is 542 g/mol. The van der Waals surface area contributed by atoms with Crippen molar-refractivity contribution in [2.75, 3.05) is 17.9 Å². The first kappa shape index (κ1) is 25.8. The molecule has 1 atom stereocenters. The third-order valence-corrected chi connectivity index (χ3v) is 9.91. The van der Waals surface area contributed by atoms with Crippen LogP contribution in [0.25, 0.3) is 10.9 Å². The number of aryl methyl sites for hydroxylation is 1. The fraction of sp³-hybridized carbons (Fsp3) is 0.200. The van der Waals surface area contributed by atoms with Crippen molar-refractivity contribution < 1.29 is 18.4 Å². The summed E-state index contributed by atoms with van der Waals surface area (Å²) < 4.78 is 27.7. The van der Waals surface area contributed by atoms with Gasteiger partial charge in [0.2, 0.25) is 0 Å². The third kappa shape index (κ3) is 5.75. The van der Waals surface area contributed by atoms with Crippen LogP contribution in [-0.2, 0) is 15.8 Å². The maximum absolute atomic E-state index is 13.1. The van der Waals surface area contributed by atoms with Crippen LogP contribution < -0.4 is 9.62 Å². The van der Waals surface area contributed by atoms with Crippen molar-refractivity contribution in [1.82, 2.24) is 10.3 Å². The zero-order valence-electron chi connectivity index (χ0n) is 19.7. The molecule has 0 saturated carbocycles. The van der Waals surface area contributed by atoms with E-state index in [1.807, 2.05) is 43.3 Å². The first-order valence-electron chi connectivity index (χ1n) is 11.1. The topological polar surface area (TPSA) is 115 Å². The summed E-state index contributed by atoms with van der Waals surface area (Å²) in [4.78, 5) is 16.1.